The maximum absolute atomic E-state index is 13.5. The summed E-state index contributed by atoms with van der Waals surface area (Å²) in [6.07, 6.45) is 0.618. The van der Waals surface area contributed by atoms with Gasteiger partial charge in [-0.05, 0) is 40.8 Å². The minimum atomic E-state index is -3.55. The van der Waals surface area contributed by atoms with Crippen molar-refractivity contribution in [2.24, 2.45) is 0 Å². The summed E-state index contributed by atoms with van der Waals surface area (Å²) in [6, 6.07) is 22.5. The van der Waals surface area contributed by atoms with Crippen LogP contribution in [0.4, 0.5) is 0 Å². The highest BCUT2D eigenvalue weighted by Gasteiger charge is 2.37. The van der Waals surface area contributed by atoms with Gasteiger partial charge >= 0.3 is 0 Å². The number of rotatable bonds is 6. The molecule has 0 N–H and O–H groups in total. The highest BCUT2D eigenvalue weighted by molar-refractivity contribution is 7.88. The first kappa shape index (κ1) is 20.4. The molecule has 0 aliphatic carbocycles. The number of methoxy groups -OCH3 is 2. The van der Waals surface area contributed by atoms with E-state index in [1.54, 1.807) is 18.5 Å². The number of ether oxygens (including phenoxy) is 2. The molecule has 0 saturated carbocycles. The molecule has 1 atom stereocenters. The summed E-state index contributed by atoms with van der Waals surface area (Å²) in [7, 11) is -0.349. The van der Waals surface area contributed by atoms with Crippen molar-refractivity contribution in [3.05, 3.63) is 95.1 Å². The van der Waals surface area contributed by atoms with Gasteiger partial charge in [0.15, 0.2) is 11.5 Å². The first-order valence-corrected chi connectivity index (χ1v) is 11.5. The fourth-order valence-corrected chi connectivity index (χ4v) is 5.78. The van der Waals surface area contributed by atoms with Crippen LogP contribution in [0.5, 0.6) is 11.5 Å². The highest BCUT2D eigenvalue weighted by atomic mass is 32.2. The molecule has 1 heterocycles. The van der Waals surface area contributed by atoms with E-state index in [1.807, 2.05) is 72.8 Å². The van der Waals surface area contributed by atoms with E-state index >= 15 is 0 Å². The molecule has 0 radical (unpaired) electrons. The van der Waals surface area contributed by atoms with Crippen molar-refractivity contribution in [3.8, 4) is 11.5 Å². The molecule has 5 nitrogen and oxygen atoms in total. The number of nitrogens with zero attached hydrogens (tertiary/aromatic N) is 1. The Morgan fingerprint density at radius 1 is 0.900 bits per heavy atom. The number of hydrogen-bond donors (Lipinski definition) is 0. The molecule has 1 aliphatic rings. The molecule has 0 fully saturated rings. The zero-order valence-electron chi connectivity index (χ0n) is 17.1. The van der Waals surface area contributed by atoms with Crippen LogP contribution in [0, 0.1) is 0 Å². The van der Waals surface area contributed by atoms with E-state index in [9.17, 15) is 8.42 Å². The summed E-state index contributed by atoms with van der Waals surface area (Å²) >= 11 is 0. The van der Waals surface area contributed by atoms with Crippen LogP contribution in [0.2, 0.25) is 0 Å². The third-order valence-corrected chi connectivity index (χ3v) is 7.30. The summed E-state index contributed by atoms with van der Waals surface area (Å²) < 4.78 is 39.6. The van der Waals surface area contributed by atoms with Gasteiger partial charge in [0.25, 0.3) is 0 Å². The van der Waals surface area contributed by atoms with E-state index in [0.29, 0.717) is 24.5 Å². The molecular formula is C24H25NO4S. The van der Waals surface area contributed by atoms with Crippen LogP contribution in [0.1, 0.15) is 28.3 Å². The lowest BCUT2D eigenvalue weighted by molar-refractivity contribution is 0.331. The van der Waals surface area contributed by atoms with E-state index in [0.717, 1.165) is 22.3 Å². The predicted octanol–water partition coefficient (Wildman–Crippen LogP) is 4.18. The van der Waals surface area contributed by atoms with Crippen LogP contribution in [0.3, 0.4) is 0 Å². The van der Waals surface area contributed by atoms with E-state index in [-0.39, 0.29) is 5.75 Å². The third kappa shape index (κ3) is 3.93. The van der Waals surface area contributed by atoms with Gasteiger partial charge in [0.1, 0.15) is 0 Å². The van der Waals surface area contributed by atoms with E-state index < -0.39 is 16.1 Å². The van der Waals surface area contributed by atoms with Gasteiger partial charge in [-0.15, -0.1) is 0 Å². The number of hydrogen-bond acceptors (Lipinski definition) is 4. The van der Waals surface area contributed by atoms with E-state index in [2.05, 4.69) is 0 Å². The smallest absolute Gasteiger partial charge is 0.219 e. The van der Waals surface area contributed by atoms with Crippen molar-refractivity contribution in [1.82, 2.24) is 4.31 Å². The Balaban J connectivity index is 1.82. The summed E-state index contributed by atoms with van der Waals surface area (Å²) in [5.74, 6) is 1.22. The van der Waals surface area contributed by atoms with Crippen molar-refractivity contribution < 1.29 is 17.9 Å². The quantitative estimate of drug-likeness (QED) is 0.597. The topological polar surface area (TPSA) is 55.8 Å². The van der Waals surface area contributed by atoms with Gasteiger partial charge in [-0.3, -0.25) is 0 Å². The predicted molar refractivity (Wildman–Crippen MR) is 117 cm³/mol. The Labute approximate surface area is 177 Å². The van der Waals surface area contributed by atoms with Gasteiger partial charge < -0.3 is 9.47 Å². The lowest BCUT2D eigenvalue weighted by atomic mass is 9.89. The Morgan fingerprint density at radius 2 is 1.50 bits per heavy atom. The van der Waals surface area contributed by atoms with Crippen LogP contribution in [0.25, 0.3) is 0 Å². The van der Waals surface area contributed by atoms with Crippen molar-refractivity contribution in [2.45, 2.75) is 18.2 Å². The molecule has 0 amide bonds. The standard InChI is InChI=1S/C24H25NO4S/c1-28-22-15-20-13-14-25(30(26,27)17-18-9-5-3-6-10-18)24(19-11-7-4-8-12-19)21(20)16-23(22)29-2/h3-12,15-16,24H,13-14,17H2,1-2H3/t24-/m1/s1. The number of sulfonamides is 1. The Morgan fingerprint density at radius 3 is 2.13 bits per heavy atom. The molecule has 0 bridgehead atoms. The molecule has 0 unspecified atom stereocenters. The van der Waals surface area contributed by atoms with Crippen molar-refractivity contribution in [3.63, 3.8) is 0 Å². The van der Waals surface area contributed by atoms with Crippen molar-refractivity contribution in [2.75, 3.05) is 20.8 Å². The zero-order valence-corrected chi connectivity index (χ0v) is 17.9. The van der Waals surface area contributed by atoms with E-state index in [4.69, 9.17) is 9.47 Å². The summed E-state index contributed by atoms with van der Waals surface area (Å²) in [5.41, 5.74) is 3.72. The number of benzene rings is 3. The van der Waals surface area contributed by atoms with Crippen LogP contribution in [-0.4, -0.2) is 33.5 Å². The maximum atomic E-state index is 13.5. The molecule has 1 aliphatic heterocycles. The first-order chi connectivity index (χ1) is 14.5. The fraction of sp³-hybridized carbons (Fsp3) is 0.250. The summed E-state index contributed by atoms with van der Waals surface area (Å²) in [6.45, 7) is 0.414. The molecule has 0 aromatic heterocycles. The molecule has 30 heavy (non-hydrogen) atoms. The monoisotopic (exact) mass is 423 g/mol. The van der Waals surface area contributed by atoms with E-state index in [1.165, 1.54) is 0 Å². The second-order valence-electron chi connectivity index (χ2n) is 7.32. The fourth-order valence-electron chi connectivity index (χ4n) is 4.07. The second-order valence-corrected chi connectivity index (χ2v) is 9.24. The molecule has 3 aromatic rings. The molecule has 156 valence electrons. The van der Waals surface area contributed by atoms with Gasteiger partial charge in [-0.1, -0.05) is 60.7 Å². The minimum absolute atomic E-state index is 0.0280. The normalized spacial score (nSPS) is 16.7. The average Bonchev–Trinajstić information content (AvgIpc) is 2.78. The lowest BCUT2D eigenvalue weighted by Crippen LogP contribution is -2.41. The zero-order chi connectivity index (χ0) is 21.1. The Kier molecular flexibility index (Phi) is 5.79. The molecule has 4 rings (SSSR count). The Bertz CT molecular complexity index is 1110. The first-order valence-electron chi connectivity index (χ1n) is 9.86. The molecular weight excluding hydrogens is 398 g/mol. The highest BCUT2D eigenvalue weighted by Crippen LogP contribution is 2.42. The molecule has 0 saturated heterocycles. The average molecular weight is 424 g/mol. The van der Waals surface area contributed by atoms with Gasteiger partial charge in [-0.25, -0.2) is 8.42 Å². The molecule has 0 spiro atoms. The molecule has 3 aromatic carbocycles. The van der Waals surface area contributed by atoms with Crippen molar-refractivity contribution in [1.29, 1.82) is 0 Å². The third-order valence-electron chi connectivity index (χ3n) is 5.49. The lowest BCUT2D eigenvalue weighted by Gasteiger charge is -2.37. The summed E-state index contributed by atoms with van der Waals surface area (Å²) in [4.78, 5) is 0. The van der Waals surface area contributed by atoms with Crippen molar-refractivity contribution >= 4 is 10.0 Å². The van der Waals surface area contributed by atoms with Crippen LogP contribution >= 0.6 is 0 Å². The van der Waals surface area contributed by atoms with Gasteiger partial charge in [0.05, 0.1) is 26.0 Å². The van der Waals surface area contributed by atoms with Crippen LogP contribution < -0.4 is 9.47 Å². The van der Waals surface area contributed by atoms with Crippen LogP contribution in [-0.2, 0) is 22.2 Å². The van der Waals surface area contributed by atoms with Crippen LogP contribution in [0.15, 0.2) is 72.8 Å². The number of fused-ring (bicyclic) bond motifs is 1. The second kappa shape index (κ2) is 8.50. The summed E-state index contributed by atoms with van der Waals surface area (Å²) in [5, 5.41) is 0. The molecule has 6 heteroatoms. The minimum Gasteiger partial charge on any atom is -0.493 e. The van der Waals surface area contributed by atoms with Gasteiger partial charge in [0.2, 0.25) is 10.0 Å². The van der Waals surface area contributed by atoms with Gasteiger partial charge in [0, 0.05) is 6.54 Å². The van der Waals surface area contributed by atoms with Gasteiger partial charge in [-0.2, -0.15) is 4.31 Å². The maximum Gasteiger partial charge on any atom is 0.219 e. The largest absolute Gasteiger partial charge is 0.493 e. The Hall–Kier alpha value is -2.83. The SMILES string of the molecule is COc1cc2c(cc1OC)[C@@H](c1ccccc1)N(S(=O)(=O)Cc1ccccc1)CC2.